The summed E-state index contributed by atoms with van der Waals surface area (Å²) in [4.78, 5) is 53.3. The zero-order chi connectivity index (χ0) is 40.5. The van der Waals surface area contributed by atoms with Crippen molar-refractivity contribution in [3.63, 3.8) is 0 Å². The minimum absolute atomic E-state index is 0.0854. The molecule has 0 spiro atoms. The molecule has 0 aromatic heterocycles. The standard InChI is InChI=1S/C45H54N6O5S/c1-35(52)48-28-30-49(31-29-48)41-19-12-39(13-20-41)34-51(44(53)23-16-36-14-21-42(22-15-36)57(4,55)56)43(32-37-8-6-5-7-9-37)45(54)50-26-24-47(25-27-50)33-38-10-17-40(18-11-38)46(2)3/h5-23,43H,24-34H2,1-4H3. The predicted octanol–water partition coefficient (Wildman–Crippen LogP) is 4.82. The second-order valence-corrected chi connectivity index (χ2v) is 17.2. The molecule has 0 bridgehead atoms. The molecule has 0 radical (unpaired) electrons. The van der Waals surface area contributed by atoms with Crippen molar-refractivity contribution in [1.82, 2.24) is 19.6 Å². The van der Waals surface area contributed by atoms with Gasteiger partial charge < -0.3 is 24.5 Å². The fourth-order valence-electron chi connectivity index (χ4n) is 7.38. The Morgan fingerprint density at radius 1 is 0.702 bits per heavy atom. The monoisotopic (exact) mass is 790 g/mol. The Morgan fingerprint density at radius 3 is 1.88 bits per heavy atom. The van der Waals surface area contributed by atoms with Crippen LogP contribution in [-0.4, -0.2) is 124 Å². The molecule has 2 aliphatic heterocycles. The first kappa shape index (κ1) is 41.2. The van der Waals surface area contributed by atoms with E-state index in [4.69, 9.17) is 0 Å². The van der Waals surface area contributed by atoms with Gasteiger partial charge in [0, 0.05) is 117 Å². The molecule has 57 heavy (non-hydrogen) atoms. The van der Waals surface area contributed by atoms with E-state index in [9.17, 15) is 22.8 Å². The van der Waals surface area contributed by atoms with E-state index < -0.39 is 15.9 Å². The molecular weight excluding hydrogens is 737 g/mol. The second-order valence-electron chi connectivity index (χ2n) is 15.2. The molecule has 12 heteroatoms. The lowest BCUT2D eigenvalue weighted by Crippen LogP contribution is -2.56. The number of hydrogen-bond donors (Lipinski definition) is 0. The van der Waals surface area contributed by atoms with Crippen molar-refractivity contribution in [1.29, 1.82) is 0 Å². The highest BCUT2D eigenvalue weighted by Crippen LogP contribution is 2.23. The topological polar surface area (TPSA) is 105 Å². The predicted molar refractivity (Wildman–Crippen MR) is 227 cm³/mol. The smallest absolute Gasteiger partial charge is 0.247 e. The van der Waals surface area contributed by atoms with Crippen LogP contribution < -0.4 is 9.80 Å². The number of carbonyl (C=O) groups is 3. The normalized spacial score (nSPS) is 15.8. The largest absolute Gasteiger partial charge is 0.378 e. The van der Waals surface area contributed by atoms with Crippen LogP contribution in [0.1, 0.15) is 29.2 Å². The van der Waals surface area contributed by atoms with Crippen LogP contribution in [0.4, 0.5) is 11.4 Å². The first-order valence-electron chi connectivity index (χ1n) is 19.5. The van der Waals surface area contributed by atoms with E-state index >= 15 is 0 Å². The van der Waals surface area contributed by atoms with Gasteiger partial charge in [0.1, 0.15) is 6.04 Å². The van der Waals surface area contributed by atoms with Crippen molar-refractivity contribution >= 4 is 45.0 Å². The Balaban J connectivity index is 1.24. The molecule has 6 rings (SSSR count). The molecule has 2 fully saturated rings. The van der Waals surface area contributed by atoms with Crippen molar-refractivity contribution in [2.24, 2.45) is 0 Å². The number of benzene rings is 4. The fourth-order valence-corrected chi connectivity index (χ4v) is 8.01. The van der Waals surface area contributed by atoms with Gasteiger partial charge in [0.2, 0.25) is 17.7 Å². The first-order chi connectivity index (χ1) is 27.3. The molecule has 4 aromatic carbocycles. The van der Waals surface area contributed by atoms with Crippen molar-refractivity contribution in [3.05, 3.63) is 131 Å². The van der Waals surface area contributed by atoms with Crippen LogP contribution in [0, 0.1) is 0 Å². The van der Waals surface area contributed by atoms with E-state index in [-0.39, 0.29) is 29.2 Å². The molecule has 3 amide bonds. The van der Waals surface area contributed by atoms with Crippen LogP contribution in [0.3, 0.4) is 0 Å². The fraction of sp³-hybridized carbons (Fsp3) is 0.356. The molecule has 1 unspecified atom stereocenters. The molecular formula is C45H54N6O5S. The SMILES string of the molecule is CC(=O)N1CCN(c2ccc(CN(C(=O)C=Cc3ccc(S(C)(=O)=O)cc3)C(Cc3ccccc3)C(=O)N3CCN(Cc4ccc(N(C)C)cc4)CC3)cc2)CC1. The summed E-state index contributed by atoms with van der Waals surface area (Å²) in [5.74, 6) is -0.323. The van der Waals surface area contributed by atoms with Crippen LogP contribution in [0.25, 0.3) is 6.08 Å². The van der Waals surface area contributed by atoms with E-state index in [0.717, 1.165) is 61.5 Å². The molecule has 300 valence electrons. The van der Waals surface area contributed by atoms with Gasteiger partial charge in [0.15, 0.2) is 9.84 Å². The second kappa shape index (κ2) is 18.7. The van der Waals surface area contributed by atoms with E-state index in [1.54, 1.807) is 30.0 Å². The van der Waals surface area contributed by atoms with Gasteiger partial charge in [-0.3, -0.25) is 19.3 Å². The van der Waals surface area contributed by atoms with Crippen LogP contribution >= 0.6 is 0 Å². The van der Waals surface area contributed by atoms with Gasteiger partial charge in [0.05, 0.1) is 4.90 Å². The van der Waals surface area contributed by atoms with Crippen LogP contribution in [0.5, 0.6) is 0 Å². The Bertz CT molecular complexity index is 2110. The Kier molecular flexibility index (Phi) is 13.5. The quantitative estimate of drug-likeness (QED) is 0.178. The lowest BCUT2D eigenvalue weighted by atomic mass is 10.0. The van der Waals surface area contributed by atoms with Gasteiger partial charge in [-0.1, -0.05) is 66.7 Å². The van der Waals surface area contributed by atoms with E-state index in [2.05, 4.69) is 39.0 Å². The first-order valence-corrected chi connectivity index (χ1v) is 21.4. The lowest BCUT2D eigenvalue weighted by Gasteiger charge is -2.39. The van der Waals surface area contributed by atoms with Crippen molar-refractivity contribution in [2.45, 2.75) is 37.4 Å². The van der Waals surface area contributed by atoms with Crippen molar-refractivity contribution in [2.75, 3.05) is 82.5 Å². The number of nitrogens with zero attached hydrogens (tertiary/aromatic N) is 6. The van der Waals surface area contributed by atoms with Crippen LogP contribution in [0.15, 0.2) is 114 Å². The number of sulfone groups is 1. The van der Waals surface area contributed by atoms with Crippen LogP contribution in [0.2, 0.25) is 0 Å². The third-order valence-corrected chi connectivity index (χ3v) is 12.0. The summed E-state index contributed by atoms with van der Waals surface area (Å²) < 4.78 is 24.1. The molecule has 0 N–H and O–H groups in total. The third-order valence-electron chi connectivity index (χ3n) is 10.9. The maximum atomic E-state index is 14.7. The van der Waals surface area contributed by atoms with Crippen LogP contribution in [-0.2, 0) is 43.7 Å². The molecule has 2 aliphatic rings. The highest BCUT2D eigenvalue weighted by molar-refractivity contribution is 7.90. The van der Waals surface area contributed by atoms with Gasteiger partial charge >= 0.3 is 0 Å². The number of piperazine rings is 2. The van der Waals surface area contributed by atoms with E-state index in [1.807, 2.05) is 78.5 Å². The number of anilines is 2. The summed E-state index contributed by atoms with van der Waals surface area (Å²) in [5, 5.41) is 0. The van der Waals surface area contributed by atoms with Crippen molar-refractivity contribution < 1.29 is 22.8 Å². The van der Waals surface area contributed by atoms with Gasteiger partial charge in [0.25, 0.3) is 0 Å². The molecule has 2 heterocycles. The summed E-state index contributed by atoms with van der Waals surface area (Å²) >= 11 is 0. The van der Waals surface area contributed by atoms with E-state index in [1.165, 1.54) is 23.8 Å². The van der Waals surface area contributed by atoms with Gasteiger partial charge in [-0.15, -0.1) is 0 Å². The van der Waals surface area contributed by atoms with Gasteiger partial charge in [-0.2, -0.15) is 0 Å². The van der Waals surface area contributed by atoms with Gasteiger partial charge in [-0.05, 0) is 64.7 Å². The van der Waals surface area contributed by atoms with Gasteiger partial charge in [-0.25, -0.2) is 8.42 Å². The highest BCUT2D eigenvalue weighted by Gasteiger charge is 2.34. The Labute approximate surface area is 337 Å². The zero-order valence-electron chi connectivity index (χ0n) is 33.5. The minimum atomic E-state index is -3.37. The number of rotatable bonds is 13. The number of amides is 3. The summed E-state index contributed by atoms with van der Waals surface area (Å²) in [5.41, 5.74) is 5.92. The summed E-state index contributed by atoms with van der Waals surface area (Å²) in [7, 11) is 0.691. The number of hydrogen-bond acceptors (Lipinski definition) is 8. The maximum Gasteiger partial charge on any atom is 0.247 e. The van der Waals surface area contributed by atoms with E-state index in [0.29, 0.717) is 38.2 Å². The Hall–Kier alpha value is -5.46. The molecule has 2 saturated heterocycles. The summed E-state index contributed by atoms with van der Waals surface area (Å²) in [6, 6.07) is 32.1. The molecule has 0 saturated carbocycles. The summed E-state index contributed by atoms with van der Waals surface area (Å²) in [6.07, 6.45) is 4.65. The molecule has 4 aromatic rings. The molecule has 1 atom stereocenters. The molecule has 11 nitrogen and oxygen atoms in total. The maximum absolute atomic E-state index is 14.7. The third kappa shape index (κ3) is 11.1. The Morgan fingerprint density at radius 2 is 1.30 bits per heavy atom. The summed E-state index contributed by atoms with van der Waals surface area (Å²) in [6.45, 7) is 7.97. The average Bonchev–Trinajstić information content (AvgIpc) is 3.22. The zero-order valence-corrected chi connectivity index (χ0v) is 34.3. The van der Waals surface area contributed by atoms with Crippen molar-refractivity contribution in [3.8, 4) is 0 Å². The number of carbonyl (C=O) groups excluding carboxylic acids is 3. The lowest BCUT2D eigenvalue weighted by molar-refractivity contribution is -0.145. The molecule has 0 aliphatic carbocycles. The average molecular weight is 791 g/mol. The minimum Gasteiger partial charge on any atom is -0.378 e. The highest BCUT2D eigenvalue weighted by atomic mass is 32.2.